The van der Waals surface area contributed by atoms with Crippen LogP contribution in [-0.4, -0.2) is 50.8 Å². The third-order valence-corrected chi connectivity index (χ3v) is 4.97. The highest BCUT2D eigenvalue weighted by Gasteiger charge is 2.51. The lowest BCUT2D eigenvalue weighted by Crippen LogP contribution is -2.37. The van der Waals surface area contributed by atoms with E-state index >= 15 is 0 Å². The van der Waals surface area contributed by atoms with Crippen molar-refractivity contribution in [2.45, 2.75) is 12.6 Å². The molecular formula is C17H20F3NO3. The zero-order chi connectivity index (χ0) is 17.4. The number of methoxy groups -OCH3 is 1. The Labute approximate surface area is 138 Å². The van der Waals surface area contributed by atoms with Crippen LogP contribution in [0.4, 0.5) is 13.2 Å². The summed E-state index contributed by atoms with van der Waals surface area (Å²) >= 11 is 0. The monoisotopic (exact) mass is 343 g/mol. The number of fused-ring (bicyclic) bond motifs is 1. The van der Waals surface area contributed by atoms with Gasteiger partial charge in [0.05, 0.1) is 31.8 Å². The van der Waals surface area contributed by atoms with Crippen molar-refractivity contribution in [3.05, 3.63) is 35.4 Å². The molecule has 2 aliphatic rings. The summed E-state index contributed by atoms with van der Waals surface area (Å²) < 4.78 is 50.0. The van der Waals surface area contributed by atoms with E-state index in [9.17, 15) is 18.0 Å². The van der Waals surface area contributed by atoms with Gasteiger partial charge in [0, 0.05) is 31.5 Å². The van der Waals surface area contributed by atoms with E-state index in [1.54, 1.807) is 12.0 Å². The van der Waals surface area contributed by atoms with Gasteiger partial charge in [0.15, 0.2) is 0 Å². The number of hydrogen-bond donors (Lipinski definition) is 0. The summed E-state index contributed by atoms with van der Waals surface area (Å²) in [4.78, 5) is 14.2. The number of carbonyl (C=O) groups is 1. The van der Waals surface area contributed by atoms with Gasteiger partial charge in [-0.15, -0.1) is 0 Å². The molecule has 2 fully saturated rings. The second kappa shape index (κ2) is 6.37. The van der Waals surface area contributed by atoms with Crippen LogP contribution in [0.5, 0.6) is 0 Å². The number of carbonyl (C=O) groups excluding carboxylic acids is 1. The highest BCUT2D eigenvalue weighted by Crippen LogP contribution is 2.41. The van der Waals surface area contributed by atoms with Gasteiger partial charge in [-0.05, 0) is 11.6 Å². The van der Waals surface area contributed by atoms with Crippen LogP contribution in [0.1, 0.15) is 11.1 Å². The van der Waals surface area contributed by atoms with Gasteiger partial charge < -0.3 is 14.4 Å². The van der Waals surface area contributed by atoms with Crippen molar-refractivity contribution in [3.8, 4) is 0 Å². The second-order valence-corrected chi connectivity index (χ2v) is 6.61. The van der Waals surface area contributed by atoms with Crippen molar-refractivity contribution in [2.24, 2.45) is 11.3 Å². The van der Waals surface area contributed by atoms with E-state index in [4.69, 9.17) is 9.47 Å². The lowest BCUT2D eigenvalue weighted by molar-refractivity contribution is -0.138. The van der Waals surface area contributed by atoms with Gasteiger partial charge in [-0.1, -0.05) is 18.2 Å². The van der Waals surface area contributed by atoms with E-state index in [1.165, 1.54) is 18.2 Å². The third-order valence-electron chi connectivity index (χ3n) is 4.97. The number of ether oxygens (including phenoxy) is 2. The molecule has 3 rings (SSSR count). The molecule has 0 radical (unpaired) electrons. The molecule has 24 heavy (non-hydrogen) atoms. The number of alkyl halides is 3. The van der Waals surface area contributed by atoms with E-state index in [1.807, 2.05) is 0 Å². The van der Waals surface area contributed by atoms with Gasteiger partial charge >= 0.3 is 6.18 Å². The number of rotatable bonds is 4. The maximum absolute atomic E-state index is 13.1. The minimum atomic E-state index is -4.45. The minimum absolute atomic E-state index is 0.0177. The van der Waals surface area contributed by atoms with E-state index in [2.05, 4.69) is 0 Å². The standard InChI is InChI=1S/C17H20F3NO3/c1-23-10-16-9-21(7-13(16)8-24-11-16)15(22)6-12-4-2-3-5-14(12)17(18,19)20/h2-5,13H,6-11H2,1H3/t13-,16-/m0/s1. The molecule has 4 nitrogen and oxygen atoms in total. The molecule has 1 aromatic rings. The largest absolute Gasteiger partial charge is 0.416 e. The van der Waals surface area contributed by atoms with Crippen LogP contribution >= 0.6 is 0 Å². The molecule has 0 bridgehead atoms. The smallest absolute Gasteiger partial charge is 0.384 e. The average molecular weight is 343 g/mol. The fourth-order valence-corrected chi connectivity index (χ4v) is 3.74. The van der Waals surface area contributed by atoms with Crippen molar-refractivity contribution in [3.63, 3.8) is 0 Å². The van der Waals surface area contributed by atoms with Crippen LogP contribution < -0.4 is 0 Å². The fraction of sp³-hybridized carbons (Fsp3) is 0.588. The highest BCUT2D eigenvalue weighted by atomic mass is 19.4. The first-order valence-electron chi connectivity index (χ1n) is 7.85. The predicted octanol–water partition coefficient (Wildman–Crippen LogP) is 2.37. The van der Waals surface area contributed by atoms with Crippen LogP contribution in [0, 0.1) is 11.3 Å². The van der Waals surface area contributed by atoms with Crippen LogP contribution in [0.3, 0.4) is 0 Å². The molecule has 2 heterocycles. The molecule has 0 saturated carbocycles. The Hall–Kier alpha value is -1.60. The maximum Gasteiger partial charge on any atom is 0.416 e. The van der Waals surface area contributed by atoms with E-state index < -0.39 is 11.7 Å². The molecule has 1 amide bonds. The Morgan fingerprint density at radius 3 is 2.88 bits per heavy atom. The summed E-state index contributed by atoms with van der Waals surface area (Å²) in [6, 6.07) is 5.24. The van der Waals surface area contributed by atoms with Gasteiger partial charge in [-0.25, -0.2) is 0 Å². The van der Waals surface area contributed by atoms with Crippen molar-refractivity contribution in [2.75, 3.05) is 40.0 Å². The molecule has 0 spiro atoms. The first kappa shape index (κ1) is 17.2. The number of amides is 1. The average Bonchev–Trinajstić information content (AvgIpc) is 3.03. The lowest BCUT2D eigenvalue weighted by Gasteiger charge is -2.26. The summed E-state index contributed by atoms with van der Waals surface area (Å²) in [7, 11) is 1.61. The molecule has 0 unspecified atom stereocenters. The first-order chi connectivity index (χ1) is 11.4. The highest BCUT2D eigenvalue weighted by molar-refractivity contribution is 5.79. The van der Waals surface area contributed by atoms with Crippen LogP contribution in [0.15, 0.2) is 24.3 Å². The number of benzene rings is 1. The molecule has 2 atom stereocenters. The van der Waals surface area contributed by atoms with Gasteiger partial charge in [0.1, 0.15) is 0 Å². The van der Waals surface area contributed by atoms with Gasteiger partial charge in [-0.3, -0.25) is 4.79 Å². The lowest BCUT2D eigenvalue weighted by atomic mass is 9.82. The van der Waals surface area contributed by atoms with Crippen LogP contribution in [0.2, 0.25) is 0 Å². The Kier molecular flexibility index (Phi) is 4.57. The zero-order valence-electron chi connectivity index (χ0n) is 13.4. The van der Waals surface area contributed by atoms with E-state index in [-0.39, 0.29) is 29.2 Å². The number of nitrogens with zero attached hydrogens (tertiary/aromatic N) is 1. The Bertz CT molecular complexity index is 619. The Morgan fingerprint density at radius 2 is 2.17 bits per heavy atom. The van der Waals surface area contributed by atoms with Crippen LogP contribution in [-0.2, 0) is 26.9 Å². The summed E-state index contributed by atoms with van der Waals surface area (Å²) in [5.74, 6) is -0.101. The summed E-state index contributed by atoms with van der Waals surface area (Å²) in [6.45, 7) is 2.55. The Balaban J connectivity index is 1.73. The summed E-state index contributed by atoms with van der Waals surface area (Å²) in [5.41, 5.74) is -0.953. The van der Waals surface area contributed by atoms with E-state index in [0.717, 1.165) is 6.07 Å². The molecule has 0 N–H and O–H groups in total. The number of hydrogen-bond acceptors (Lipinski definition) is 3. The maximum atomic E-state index is 13.1. The summed E-state index contributed by atoms with van der Waals surface area (Å²) in [6.07, 6.45) is -4.70. The van der Waals surface area contributed by atoms with Crippen molar-refractivity contribution < 1.29 is 27.4 Å². The predicted molar refractivity (Wildman–Crippen MR) is 80.3 cm³/mol. The van der Waals surface area contributed by atoms with Crippen LogP contribution in [0.25, 0.3) is 0 Å². The van der Waals surface area contributed by atoms with Gasteiger partial charge in [-0.2, -0.15) is 13.2 Å². The fourth-order valence-electron chi connectivity index (χ4n) is 3.74. The molecule has 2 saturated heterocycles. The van der Waals surface area contributed by atoms with Crippen molar-refractivity contribution in [1.29, 1.82) is 0 Å². The van der Waals surface area contributed by atoms with Gasteiger partial charge in [0.2, 0.25) is 5.91 Å². The molecule has 2 aliphatic heterocycles. The second-order valence-electron chi connectivity index (χ2n) is 6.61. The molecule has 1 aromatic carbocycles. The van der Waals surface area contributed by atoms with E-state index in [0.29, 0.717) is 32.9 Å². The molecule has 7 heteroatoms. The number of likely N-dealkylation sites (tertiary alicyclic amines) is 1. The normalized spacial score (nSPS) is 26.7. The third kappa shape index (κ3) is 3.15. The molecule has 0 aliphatic carbocycles. The Morgan fingerprint density at radius 1 is 1.42 bits per heavy atom. The van der Waals surface area contributed by atoms with Gasteiger partial charge in [0.25, 0.3) is 0 Å². The number of halogens is 3. The SMILES string of the molecule is COC[C@@]12COC[C@@H]1CN(C(=O)Cc1ccccc1C(F)(F)F)C2. The topological polar surface area (TPSA) is 38.8 Å². The molecular weight excluding hydrogens is 323 g/mol. The molecule has 0 aromatic heterocycles. The first-order valence-corrected chi connectivity index (χ1v) is 7.85. The quantitative estimate of drug-likeness (QED) is 0.843. The van der Waals surface area contributed by atoms with Crippen molar-refractivity contribution >= 4 is 5.91 Å². The minimum Gasteiger partial charge on any atom is -0.384 e. The summed E-state index contributed by atoms with van der Waals surface area (Å²) in [5, 5.41) is 0. The molecule has 132 valence electrons. The van der Waals surface area contributed by atoms with Crippen molar-refractivity contribution in [1.82, 2.24) is 4.90 Å². The zero-order valence-corrected chi connectivity index (χ0v) is 13.4.